The standard InChI is InChI=1S/C35H35ClF3N3O4S/c1-3-25(2)40-34(44)32(21-26-13-6-4-7-14-26)41(23-27-15-10-11-20-31(27)36)33(43)24-42(47(45,46)30-18-8-5-9-19-30)29-17-12-16-28(22-29)35(37,38)39/h4-20,22,25,32H,3,21,23-24H2,1-2H3,(H,40,44)/t25-,32+/m0/s1. The first-order valence-electron chi connectivity index (χ1n) is 14.9. The van der Waals surface area contributed by atoms with Crippen LogP contribution in [-0.2, 0) is 38.8 Å². The van der Waals surface area contributed by atoms with Gasteiger partial charge in [-0.15, -0.1) is 0 Å². The second-order valence-corrected chi connectivity index (χ2v) is 13.3. The van der Waals surface area contributed by atoms with E-state index in [2.05, 4.69) is 5.32 Å². The van der Waals surface area contributed by atoms with Crippen LogP contribution in [0.4, 0.5) is 18.9 Å². The van der Waals surface area contributed by atoms with Gasteiger partial charge in [-0.2, -0.15) is 13.2 Å². The topological polar surface area (TPSA) is 86.8 Å². The summed E-state index contributed by atoms with van der Waals surface area (Å²) >= 11 is 6.49. The summed E-state index contributed by atoms with van der Waals surface area (Å²) in [7, 11) is -4.56. The molecular weight excluding hydrogens is 651 g/mol. The van der Waals surface area contributed by atoms with Gasteiger partial charge >= 0.3 is 6.18 Å². The Morgan fingerprint density at radius 3 is 2.11 bits per heavy atom. The summed E-state index contributed by atoms with van der Waals surface area (Å²) in [6.07, 6.45) is -4.08. The summed E-state index contributed by atoms with van der Waals surface area (Å²) < 4.78 is 69.9. The lowest BCUT2D eigenvalue weighted by molar-refractivity contribution is -0.140. The smallest absolute Gasteiger partial charge is 0.352 e. The quantitative estimate of drug-likeness (QED) is 0.163. The summed E-state index contributed by atoms with van der Waals surface area (Å²) in [5, 5.41) is 3.25. The van der Waals surface area contributed by atoms with Crippen LogP contribution in [0.15, 0.2) is 114 Å². The third kappa shape index (κ3) is 9.14. The van der Waals surface area contributed by atoms with E-state index in [9.17, 15) is 31.2 Å². The molecule has 0 bridgehead atoms. The molecule has 12 heteroatoms. The minimum Gasteiger partial charge on any atom is -0.352 e. The van der Waals surface area contributed by atoms with E-state index in [1.165, 1.54) is 35.2 Å². The van der Waals surface area contributed by atoms with Crippen molar-refractivity contribution < 1.29 is 31.2 Å². The van der Waals surface area contributed by atoms with E-state index in [1.807, 2.05) is 19.9 Å². The molecule has 0 radical (unpaired) electrons. The fourth-order valence-electron chi connectivity index (χ4n) is 4.89. The summed E-state index contributed by atoms with van der Waals surface area (Å²) in [6, 6.07) is 25.2. The van der Waals surface area contributed by atoms with Crippen molar-refractivity contribution in [3.8, 4) is 0 Å². The Kier molecular flexibility index (Phi) is 11.7. The number of halogens is 4. The van der Waals surface area contributed by atoms with E-state index in [0.717, 1.165) is 17.7 Å². The van der Waals surface area contributed by atoms with Crippen molar-refractivity contribution in [3.63, 3.8) is 0 Å². The number of benzene rings is 4. The van der Waals surface area contributed by atoms with Gasteiger partial charge in [0.25, 0.3) is 10.0 Å². The first kappa shape index (κ1) is 35.5. The molecule has 0 aliphatic rings. The van der Waals surface area contributed by atoms with Gasteiger partial charge in [-0.1, -0.05) is 91.3 Å². The molecule has 0 spiro atoms. The maximum atomic E-state index is 14.5. The summed E-state index contributed by atoms with van der Waals surface area (Å²) in [5.41, 5.74) is -0.217. The third-order valence-electron chi connectivity index (χ3n) is 7.64. The predicted octanol–water partition coefficient (Wildman–Crippen LogP) is 7.11. The van der Waals surface area contributed by atoms with Gasteiger partial charge in [-0.25, -0.2) is 8.42 Å². The lowest BCUT2D eigenvalue weighted by Gasteiger charge is -2.34. The molecule has 0 heterocycles. The Bertz CT molecular complexity index is 1770. The Balaban J connectivity index is 1.85. The van der Waals surface area contributed by atoms with E-state index >= 15 is 0 Å². The summed E-state index contributed by atoms with van der Waals surface area (Å²) in [6.45, 7) is 2.64. The van der Waals surface area contributed by atoms with Gasteiger partial charge in [0.15, 0.2) is 0 Å². The predicted molar refractivity (Wildman–Crippen MR) is 176 cm³/mol. The summed E-state index contributed by atoms with van der Waals surface area (Å²) in [4.78, 5) is 29.4. The molecule has 47 heavy (non-hydrogen) atoms. The molecule has 1 N–H and O–H groups in total. The number of carbonyl (C=O) groups excluding carboxylic acids is 2. The fraction of sp³-hybridized carbons (Fsp3) is 0.257. The number of hydrogen-bond acceptors (Lipinski definition) is 4. The normalized spacial score (nSPS) is 13.0. The van der Waals surface area contributed by atoms with Crippen LogP contribution in [0, 0.1) is 0 Å². The average molecular weight is 686 g/mol. The summed E-state index contributed by atoms with van der Waals surface area (Å²) in [5.74, 6) is -1.29. The van der Waals surface area contributed by atoms with E-state index < -0.39 is 46.2 Å². The molecule has 248 valence electrons. The lowest BCUT2D eigenvalue weighted by atomic mass is 10.0. The number of carbonyl (C=O) groups is 2. The Morgan fingerprint density at radius 2 is 1.49 bits per heavy atom. The minimum absolute atomic E-state index is 0.0777. The monoisotopic (exact) mass is 685 g/mol. The maximum Gasteiger partial charge on any atom is 0.416 e. The maximum absolute atomic E-state index is 14.5. The molecule has 4 aromatic carbocycles. The zero-order chi connectivity index (χ0) is 34.2. The van der Waals surface area contributed by atoms with Crippen LogP contribution in [-0.4, -0.2) is 43.8 Å². The van der Waals surface area contributed by atoms with E-state index in [4.69, 9.17) is 11.6 Å². The van der Waals surface area contributed by atoms with Gasteiger partial charge in [0.1, 0.15) is 12.6 Å². The number of anilines is 1. The molecule has 0 aliphatic heterocycles. The molecule has 2 atom stereocenters. The van der Waals surface area contributed by atoms with Crippen molar-refractivity contribution >= 4 is 39.1 Å². The van der Waals surface area contributed by atoms with Gasteiger partial charge in [0.05, 0.1) is 16.1 Å². The van der Waals surface area contributed by atoms with Crippen molar-refractivity contribution in [2.24, 2.45) is 0 Å². The highest BCUT2D eigenvalue weighted by Crippen LogP contribution is 2.33. The van der Waals surface area contributed by atoms with Crippen molar-refractivity contribution in [3.05, 3.63) is 131 Å². The number of nitrogens with one attached hydrogen (secondary N) is 1. The second-order valence-electron chi connectivity index (χ2n) is 11.0. The van der Waals surface area contributed by atoms with Crippen LogP contribution >= 0.6 is 11.6 Å². The zero-order valence-corrected chi connectivity index (χ0v) is 27.4. The molecule has 2 amide bonds. The van der Waals surface area contributed by atoms with Crippen molar-refractivity contribution in [2.45, 2.75) is 56.4 Å². The molecule has 4 rings (SSSR count). The SMILES string of the molecule is CC[C@H](C)NC(=O)[C@@H](Cc1ccccc1)N(Cc1ccccc1Cl)C(=O)CN(c1cccc(C(F)(F)F)c1)S(=O)(=O)c1ccccc1. The third-order valence-corrected chi connectivity index (χ3v) is 9.80. The number of alkyl halides is 3. The van der Waals surface area contributed by atoms with Crippen LogP contribution in [0.1, 0.15) is 37.0 Å². The van der Waals surface area contributed by atoms with E-state index in [-0.39, 0.29) is 29.6 Å². The van der Waals surface area contributed by atoms with E-state index in [1.54, 1.807) is 54.6 Å². The Morgan fingerprint density at radius 1 is 0.872 bits per heavy atom. The Labute approximate surface area is 278 Å². The van der Waals surface area contributed by atoms with Crippen LogP contribution in [0.3, 0.4) is 0 Å². The van der Waals surface area contributed by atoms with E-state index in [0.29, 0.717) is 27.4 Å². The number of nitrogens with zero attached hydrogens (tertiary/aromatic N) is 2. The number of hydrogen-bond donors (Lipinski definition) is 1. The number of sulfonamides is 1. The molecule has 7 nitrogen and oxygen atoms in total. The van der Waals surface area contributed by atoms with Crippen LogP contribution < -0.4 is 9.62 Å². The Hall–Kier alpha value is -4.35. The second kappa shape index (κ2) is 15.5. The van der Waals surface area contributed by atoms with Crippen molar-refractivity contribution in [2.75, 3.05) is 10.8 Å². The highest BCUT2D eigenvalue weighted by molar-refractivity contribution is 7.92. The van der Waals surface area contributed by atoms with Gasteiger partial charge in [0.2, 0.25) is 11.8 Å². The number of rotatable bonds is 13. The number of amides is 2. The van der Waals surface area contributed by atoms with Gasteiger partial charge in [0, 0.05) is 24.0 Å². The molecule has 0 fully saturated rings. The molecule has 0 unspecified atom stereocenters. The largest absolute Gasteiger partial charge is 0.416 e. The fourth-order valence-corrected chi connectivity index (χ4v) is 6.51. The van der Waals surface area contributed by atoms with Crippen LogP contribution in [0.5, 0.6) is 0 Å². The van der Waals surface area contributed by atoms with Crippen molar-refractivity contribution in [1.29, 1.82) is 0 Å². The molecule has 0 saturated heterocycles. The lowest BCUT2D eigenvalue weighted by Crippen LogP contribution is -2.54. The highest BCUT2D eigenvalue weighted by Gasteiger charge is 2.36. The average Bonchev–Trinajstić information content (AvgIpc) is 3.06. The molecule has 0 saturated carbocycles. The van der Waals surface area contributed by atoms with Gasteiger partial charge in [-0.05, 0) is 60.9 Å². The van der Waals surface area contributed by atoms with Gasteiger partial charge < -0.3 is 10.2 Å². The first-order chi connectivity index (χ1) is 22.3. The molecule has 4 aromatic rings. The first-order valence-corrected chi connectivity index (χ1v) is 16.7. The van der Waals surface area contributed by atoms with Crippen LogP contribution in [0.2, 0.25) is 5.02 Å². The molecule has 0 aromatic heterocycles. The molecule has 0 aliphatic carbocycles. The highest BCUT2D eigenvalue weighted by atomic mass is 35.5. The zero-order valence-electron chi connectivity index (χ0n) is 25.8. The van der Waals surface area contributed by atoms with Crippen LogP contribution in [0.25, 0.3) is 0 Å². The van der Waals surface area contributed by atoms with Crippen molar-refractivity contribution in [1.82, 2.24) is 10.2 Å². The minimum atomic E-state index is -4.77. The van der Waals surface area contributed by atoms with Gasteiger partial charge in [-0.3, -0.25) is 13.9 Å². The molecular formula is C35H35ClF3N3O4S.